The number of nitrogens with zero attached hydrogens (tertiary/aromatic N) is 1. The number of carbonyl (C=O) groups excluding carboxylic acids is 2. The zero-order valence-corrected chi connectivity index (χ0v) is 20.5. The van der Waals surface area contributed by atoms with Gasteiger partial charge in [-0.25, -0.2) is 9.37 Å². The lowest BCUT2D eigenvalue weighted by Gasteiger charge is -2.20. The van der Waals surface area contributed by atoms with Crippen molar-refractivity contribution in [3.63, 3.8) is 0 Å². The van der Waals surface area contributed by atoms with Crippen molar-refractivity contribution in [3.05, 3.63) is 108 Å². The highest BCUT2D eigenvalue weighted by molar-refractivity contribution is 5.98. The number of nitrogens with two attached hydrogens (primary N) is 1. The highest BCUT2D eigenvalue weighted by Gasteiger charge is 2.23. The summed E-state index contributed by atoms with van der Waals surface area (Å²) >= 11 is 0. The molecule has 4 aromatic rings. The number of H-pyrrole nitrogens is 1. The summed E-state index contributed by atoms with van der Waals surface area (Å²) in [5.74, 6) is -0.248. The predicted octanol–water partition coefficient (Wildman–Crippen LogP) is 3.68. The first-order valence-corrected chi connectivity index (χ1v) is 12.0. The van der Waals surface area contributed by atoms with Gasteiger partial charge in [0.25, 0.3) is 0 Å². The summed E-state index contributed by atoms with van der Waals surface area (Å²) in [6, 6.07) is 19.2. The molecule has 1 atom stereocenters. The normalized spacial score (nSPS) is 11.5. The molecule has 10 heteroatoms. The van der Waals surface area contributed by atoms with E-state index >= 15 is 0 Å². The molecule has 0 saturated heterocycles. The van der Waals surface area contributed by atoms with E-state index in [-0.39, 0.29) is 37.9 Å². The molecule has 0 spiro atoms. The molecule has 1 heterocycles. The van der Waals surface area contributed by atoms with Gasteiger partial charge in [-0.2, -0.15) is 0 Å². The fourth-order valence-corrected chi connectivity index (χ4v) is 3.63. The molecular weight excluding hydrogens is 489 g/mol. The Morgan fingerprint density at radius 2 is 1.79 bits per heavy atom. The van der Waals surface area contributed by atoms with Crippen molar-refractivity contribution >= 4 is 17.5 Å². The molecule has 1 aromatic heterocycles. The van der Waals surface area contributed by atoms with Gasteiger partial charge in [0.2, 0.25) is 11.8 Å². The number of hydrogen-bond donors (Lipinski definition) is 4. The number of benzene rings is 3. The van der Waals surface area contributed by atoms with E-state index in [1.807, 2.05) is 30.3 Å². The summed E-state index contributed by atoms with van der Waals surface area (Å²) in [5.41, 5.74) is 8.58. The van der Waals surface area contributed by atoms with Gasteiger partial charge < -0.3 is 30.8 Å². The van der Waals surface area contributed by atoms with Gasteiger partial charge in [0.05, 0.1) is 26.0 Å². The monoisotopic (exact) mass is 517 g/mol. The number of imidazole rings is 1. The Labute approximate surface area is 219 Å². The van der Waals surface area contributed by atoms with E-state index in [1.165, 1.54) is 30.6 Å². The minimum Gasteiger partial charge on any atom is -0.457 e. The SMILES string of the molecule is NCc1cc(Oc2ccc(F)cc2)ccc1NC(=O)[C@H](COCc1ccccc1)NC(=O)Cc1cnc[nH]1. The lowest BCUT2D eigenvalue weighted by molar-refractivity contribution is -0.127. The van der Waals surface area contributed by atoms with Crippen LogP contribution < -0.4 is 21.1 Å². The Kier molecular flexibility index (Phi) is 9.17. The van der Waals surface area contributed by atoms with Crippen molar-refractivity contribution < 1.29 is 23.5 Å². The minimum absolute atomic E-state index is 0.0337. The molecule has 0 saturated carbocycles. The van der Waals surface area contributed by atoms with Crippen LogP contribution in [0.2, 0.25) is 0 Å². The molecule has 3 aromatic carbocycles. The number of aromatic nitrogens is 2. The zero-order chi connectivity index (χ0) is 26.7. The summed E-state index contributed by atoms with van der Waals surface area (Å²) in [5, 5.41) is 5.57. The second kappa shape index (κ2) is 13.1. The first kappa shape index (κ1) is 26.5. The van der Waals surface area contributed by atoms with Crippen LogP contribution in [0.4, 0.5) is 10.1 Å². The Balaban J connectivity index is 1.43. The van der Waals surface area contributed by atoms with Gasteiger partial charge in [0.15, 0.2) is 0 Å². The Hall–Kier alpha value is -4.54. The third-order valence-corrected chi connectivity index (χ3v) is 5.56. The number of anilines is 1. The lowest BCUT2D eigenvalue weighted by atomic mass is 10.1. The quantitative estimate of drug-likeness (QED) is 0.227. The number of aromatic amines is 1. The van der Waals surface area contributed by atoms with Gasteiger partial charge >= 0.3 is 0 Å². The van der Waals surface area contributed by atoms with Crippen LogP contribution in [0.1, 0.15) is 16.8 Å². The van der Waals surface area contributed by atoms with Crippen LogP contribution in [0.25, 0.3) is 0 Å². The maximum Gasteiger partial charge on any atom is 0.249 e. The predicted molar refractivity (Wildman–Crippen MR) is 140 cm³/mol. The maximum absolute atomic E-state index is 13.2. The van der Waals surface area contributed by atoms with E-state index in [1.54, 1.807) is 24.4 Å². The molecule has 0 aliphatic carbocycles. The van der Waals surface area contributed by atoms with Crippen molar-refractivity contribution in [1.29, 1.82) is 0 Å². The van der Waals surface area contributed by atoms with Crippen molar-refractivity contribution in [3.8, 4) is 11.5 Å². The summed E-state index contributed by atoms with van der Waals surface area (Å²) in [7, 11) is 0. The highest BCUT2D eigenvalue weighted by Crippen LogP contribution is 2.26. The van der Waals surface area contributed by atoms with Crippen molar-refractivity contribution in [2.24, 2.45) is 5.73 Å². The number of carbonyl (C=O) groups is 2. The third-order valence-electron chi connectivity index (χ3n) is 5.56. The number of halogens is 1. The van der Waals surface area contributed by atoms with E-state index in [2.05, 4.69) is 20.6 Å². The largest absolute Gasteiger partial charge is 0.457 e. The maximum atomic E-state index is 13.2. The summed E-state index contributed by atoms with van der Waals surface area (Å²) in [4.78, 5) is 32.6. The standard InChI is InChI=1S/C28H28FN5O4/c29-21-6-8-23(9-7-21)38-24-10-11-25(20(12-24)14-30)34-28(36)26(17-37-16-19-4-2-1-3-5-19)33-27(35)13-22-15-31-18-32-22/h1-12,15,18,26H,13-14,16-17,30H2,(H,31,32)(H,33,35)(H,34,36)/t26-/m0/s1. The van der Waals surface area contributed by atoms with Crippen LogP contribution in [0.5, 0.6) is 11.5 Å². The van der Waals surface area contributed by atoms with Crippen LogP contribution in [0, 0.1) is 5.82 Å². The minimum atomic E-state index is -0.963. The summed E-state index contributed by atoms with van der Waals surface area (Å²) in [6.45, 7) is 0.362. The fraction of sp³-hybridized carbons (Fsp3) is 0.179. The summed E-state index contributed by atoms with van der Waals surface area (Å²) < 4.78 is 24.7. The molecule has 2 amide bonds. The highest BCUT2D eigenvalue weighted by atomic mass is 19.1. The second-order valence-electron chi connectivity index (χ2n) is 8.44. The van der Waals surface area contributed by atoms with E-state index in [0.717, 1.165) is 5.56 Å². The molecule has 196 valence electrons. The van der Waals surface area contributed by atoms with Crippen LogP contribution in [0.3, 0.4) is 0 Å². The first-order chi connectivity index (χ1) is 18.5. The number of amides is 2. The van der Waals surface area contributed by atoms with Gasteiger partial charge in [-0.05, 0) is 53.6 Å². The topological polar surface area (TPSA) is 131 Å². The molecule has 0 aliphatic rings. The molecule has 4 rings (SSSR count). The summed E-state index contributed by atoms with van der Waals surface area (Å²) in [6.07, 6.45) is 3.06. The Morgan fingerprint density at radius 3 is 2.50 bits per heavy atom. The average molecular weight is 518 g/mol. The number of hydrogen-bond acceptors (Lipinski definition) is 6. The number of rotatable bonds is 12. The van der Waals surface area contributed by atoms with Gasteiger partial charge in [-0.1, -0.05) is 30.3 Å². The molecule has 0 unspecified atom stereocenters. The van der Waals surface area contributed by atoms with E-state index in [4.69, 9.17) is 15.2 Å². The Bertz CT molecular complexity index is 1330. The van der Waals surface area contributed by atoms with Crippen molar-refractivity contribution in [2.45, 2.75) is 25.6 Å². The van der Waals surface area contributed by atoms with E-state index in [9.17, 15) is 14.0 Å². The van der Waals surface area contributed by atoms with E-state index in [0.29, 0.717) is 28.4 Å². The smallest absolute Gasteiger partial charge is 0.249 e. The van der Waals surface area contributed by atoms with Crippen LogP contribution >= 0.6 is 0 Å². The van der Waals surface area contributed by atoms with E-state index < -0.39 is 11.9 Å². The molecular formula is C28H28FN5O4. The molecule has 9 nitrogen and oxygen atoms in total. The molecule has 0 fully saturated rings. The second-order valence-corrected chi connectivity index (χ2v) is 8.44. The molecule has 0 radical (unpaired) electrons. The average Bonchev–Trinajstić information content (AvgIpc) is 3.43. The third kappa shape index (κ3) is 7.73. The fourth-order valence-electron chi connectivity index (χ4n) is 3.63. The molecule has 0 aliphatic heterocycles. The first-order valence-electron chi connectivity index (χ1n) is 12.0. The molecule has 5 N–H and O–H groups in total. The lowest BCUT2D eigenvalue weighted by Crippen LogP contribution is -2.47. The van der Waals surface area contributed by atoms with Gasteiger partial charge in [-0.15, -0.1) is 0 Å². The van der Waals surface area contributed by atoms with Crippen LogP contribution in [-0.4, -0.2) is 34.4 Å². The van der Waals surface area contributed by atoms with Crippen molar-refractivity contribution in [2.75, 3.05) is 11.9 Å². The van der Waals surface area contributed by atoms with Gasteiger partial charge in [-0.3, -0.25) is 9.59 Å². The Morgan fingerprint density at radius 1 is 1.03 bits per heavy atom. The van der Waals surface area contributed by atoms with Gasteiger partial charge in [0.1, 0.15) is 23.4 Å². The zero-order valence-electron chi connectivity index (χ0n) is 20.5. The van der Waals surface area contributed by atoms with Crippen LogP contribution in [0.15, 0.2) is 85.3 Å². The van der Waals surface area contributed by atoms with Gasteiger partial charge in [0, 0.05) is 24.1 Å². The number of nitrogens with one attached hydrogen (secondary N) is 3. The van der Waals surface area contributed by atoms with Crippen LogP contribution in [-0.2, 0) is 33.9 Å². The van der Waals surface area contributed by atoms with Crippen molar-refractivity contribution in [1.82, 2.24) is 15.3 Å². The molecule has 0 bridgehead atoms. The molecule has 38 heavy (non-hydrogen) atoms. The number of ether oxygens (including phenoxy) is 2.